The standard InChI is InChI=1S/C11H15NO3.ClH/c1-3-4-5-8-7-12-9(11(13)14)6-10(8)15-2;/h6-7H,3-5H2,1-2H3,(H,13,14);1H. The molecule has 0 saturated carbocycles. The molecule has 5 heteroatoms. The topological polar surface area (TPSA) is 59.4 Å². The molecule has 0 fully saturated rings. The van der Waals surface area contributed by atoms with Crippen LogP contribution >= 0.6 is 12.4 Å². The third kappa shape index (κ3) is 3.70. The van der Waals surface area contributed by atoms with Crippen molar-refractivity contribution in [2.24, 2.45) is 0 Å². The van der Waals surface area contributed by atoms with E-state index in [4.69, 9.17) is 9.84 Å². The van der Waals surface area contributed by atoms with Crippen molar-refractivity contribution in [3.63, 3.8) is 0 Å². The maximum absolute atomic E-state index is 10.7. The SMILES string of the molecule is CCCCc1cnc(C(=O)O)cc1OC.Cl. The molecule has 1 rings (SSSR count). The molecular formula is C11H16ClNO3. The number of hydrogen-bond donors (Lipinski definition) is 1. The fraction of sp³-hybridized carbons (Fsp3) is 0.455. The van der Waals surface area contributed by atoms with Gasteiger partial charge < -0.3 is 9.84 Å². The van der Waals surface area contributed by atoms with Gasteiger partial charge in [-0.3, -0.25) is 0 Å². The highest BCUT2D eigenvalue weighted by Crippen LogP contribution is 2.20. The molecule has 0 saturated heterocycles. The van der Waals surface area contributed by atoms with E-state index in [0.717, 1.165) is 24.8 Å². The van der Waals surface area contributed by atoms with Crippen molar-refractivity contribution in [2.45, 2.75) is 26.2 Å². The van der Waals surface area contributed by atoms with E-state index in [-0.39, 0.29) is 18.1 Å². The number of carboxylic acid groups (broad SMARTS) is 1. The van der Waals surface area contributed by atoms with Gasteiger partial charge in [-0.25, -0.2) is 9.78 Å². The molecule has 0 aliphatic heterocycles. The summed E-state index contributed by atoms with van der Waals surface area (Å²) < 4.78 is 5.13. The second-order valence-corrected chi connectivity index (χ2v) is 3.29. The number of carbonyl (C=O) groups is 1. The Morgan fingerprint density at radius 2 is 2.25 bits per heavy atom. The zero-order valence-corrected chi connectivity index (χ0v) is 10.2. The van der Waals surface area contributed by atoms with E-state index in [2.05, 4.69) is 11.9 Å². The van der Waals surface area contributed by atoms with E-state index in [1.165, 1.54) is 13.2 Å². The zero-order valence-electron chi connectivity index (χ0n) is 9.40. The van der Waals surface area contributed by atoms with E-state index in [0.29, 0.717) is 5.75 Å². The van der Waals surface area contributed by atoms with Gasteiger partial charge in [-0.1, -0.05) is 13.3 Å². The number of carboxylic acids is 1. The first-order valence-corrected chi connectivity index (χ1v) is 4.95. The van der Waals surface area contributed by atoms with Crippen LogP contribution in [0, 0.1) is 0 Å². The summed E-state index contributed by atoms with van der Waals surface area (Å²) in [5, 5.41) is 8.75. The van der Waals surface area contributed by atoms with Gasteiger partial charge in [-0.2, -0.15) is 0 Å². The summed E-state index contributed by atoms with van der Waals surface area (Å²) in [4.78, 5) is 14.5. The average molecular weight is 246 g/mol. The van der Waals surface area contributed by atoms with Crippen LogP contribution in [-0.2, 0) is 6.42 Å². The number of ether oxygens (including phenoxy) is 1. The molecule has 0 spiro atoms. The Morgan fingerprint density at radius 1 is 1.56 bits per heavy atom. The number of pyridine rings is 1. The van der Waals surface area contributed by atoms with Gasteiger partial charge in [0.05, 0.1) is 7.11 Å². The Balaban J connectivity index is 0.00000225. The van der Waals surface area contributed by atoms with Crippen molar-refractivity contribution in [1.29, 1.82) is 0 Å². The Labute approximate surface area is 101 Å². The third-order valence-corrected chi connectivity index (χ3v) is 2.18. The molecule has 1 aromatic heterocycles. The van der Waals surface area contributed by atoms with E-state index in [1.54, 1.807) is 6.20 Å². The molecule has 1 aromatic rings. The fourth-order valence-corrected chi connectivity index (χ4v) is 1.33. The van der Waals surface area contributed by atoms with Crippen molar-refractivity contribution >= 4 is 18.4 Å². The molecule has 16 heavy (non-hydrogen) atoms. The van der Waals surface area contributed by atoms with Crippen molar-refractivity contribution < 1.29 is 14.6 Å². The van der Waals surface area contributed by atoms with Gasteiger partial charge in [0.2, 0.25) is 0 Å². The summed E-state index contributed by atoms with van der Waals surface area (Å²) in [6.07, 6.45) is 4.58. The van der Waals surface area contributed by atoms with Gasteiger partial charge >= 0.3 is 5.97 Å². The number of methoxy groups -OCH3 is 1. The molecule has 0 amide bonds. The Morgan fingerprint density at radius 3 is 2.75 bits per heavy atom. The van der Waals surface area contributed by atoms with Crippen LogP contribution < -0.4 is 4.74 Å². The molecule has 0 radical (unpaired) electrons. The molecule has 0 atom stereocenters. The highest BCUT2D eigenvalue weighted by molar-refractivity contribution is 5.86. The van der Waals surface area contributed by atoms with Gasteiger partial charge in [0.1, 0.15) is 5.75 Å². The van der Waals surface area contributed by atoms with Crippen molar-refractivity contribution in [1.82, 2.24) is 4.98 Å². The highest BCUT2D eigenvalue weighted by atomic mass is 35.5. The summed E-state index contributed by atoms with van der Waals surface area (Å²) in [6.45, 7) is 2.10. The van der Waals surface area contributed by atoms with Crippen molar-refractivity contribution in [3.05, 3.63) is 23.5 Å². The predicted octanol–water partition coefficient (Wildman–Crippen LogP) is 2.55. The maximum atomic E-state index is 10.7. The van der Waals surface area contributed by atoms with E-state index < -0.39 is 5.97 Å². The number of nitrogens with zero attached hydrogens (tertiary/aromatic N) is 1. The lowest BCUT2D eigenvalue weighted by Crippen LogP contribution is -2.03. The lowest BCUT2D eigenvalue weighted by molar-refractivity contribution is 0.0690. The van der Waals surface area contributed by atoms with Crippen LogP contribution in [-0.4, -0.2) is 23.2 Å². The highest BCUT2D eigenvalue weighted by Gasteiger charge is 2.09. The smallest absolute Gasteiger partial charge is 0.354 e. The average Bonchev–Trinajstić information content (AvgIpc) is 2.25. The molecule has 0 aromatic carbocycles. The molecule has 0 bridgehead atoms. The Hall–Kier alpha value is -1.29. The monoisotopic (exact) mass is 245 g/mol. The summed E-state index contributed by atoms with van der Waals surface area (Å²) >= 11 is 0. The first kappa shape index (κ1) is 14.7. The lowest BCUT2D eigenvalue weighted by Gasteiger charge is -2.07. The van der Waals surface area contributed by atoms with E-state index in [1.807, 2.05) is 0 Å². The van der Waals surface area contributed by atoms with Gasteiger partial charge in [0.25, 0.3) is 0 Å². The number of aryl methyl sites for hydroxylation is 1. The van der Waals surface area contributed by atoms with Crippen LogP contribution in [0.15, 0.2) is 12.3 Å². The van der Waals surface area contributed by atoms with E-state index in [9.17, 15) is 4.79 Å². The van der Waals surface area contributed by atoms with Crippen LogP contribution in [0.1, 0.15) is 35.8 Å². The number of aromatic carboxylic acids is 1. The minimum Gasteiger partial charge on any atom is -0.496 e. The minimum atomic E-state index is -1.03. The number of aromatic nitrogens is 1. The van der Waals surface area contributed by atoms with E-state index >= 15 is 0 Å². The first-order valence-electron chi connectivity index (χ1n) is 4.95. The molecule has 1 heterocycles. The largest absolute Gasteiger partial charge is 0.496 e. The van der Waals surface area contributed by atoms with Crippen molar-refractivity contribution in [2.75, 3.05) is 7.11 Å². The van der Waals surface area contributed by atoms with Crippen LogP contribution in [0.3, 0.4) is 0 Å². The Bertz CT molecular complexity index is 355. The van der Waals surface area contributed by atoms with Crippen LogP contribution in [0.4, 0.5) is 0 Å². The summed E-state index contributed by atoms with van der Waals surface area (Å²) in [6, 6.07) is 1.47. The third-order valence-electron chi connectivity index (χ3n) is 2.18. The molecule has 0 unspecified atom stereocenters. The molecular weight excluding hydrogens is 230 g/mol. The van der Waals surface area contributed by atoms with Crippen molar-refractivity contribution in [3.8, 4) is 5.75 Å². The molecule has 90 valence electrons. The molecule has 1 N–H and O–H groups in total. The fourth-order valence-electron chi connectivity index (χ4n) is 1.33. The lowest BCUT2D eigenvalue weighted by atomic mass is 10.1. The molecule has 4 nitrogen and oxygen atoms in total. The predicted molar refractivity (Wildman–Crippen MR) is 63.6 cm³/mol. The zero-order chi connectivity index (χ0) is 11.3. The van der Waals surface area contributed by atoms with Crippen LogP contribution in [0.2, 0.25) is 0 Å². The first-order chi connectivity index (χ1) is 7.19. The summed E-state index contributed by atoms with van der Waals surface area (Å²) in [5.41, 5.74) is 0.983. The van der Waals surface area contributed by atoms with Gasteiger partial charge in [0, 0.05) is 17.8 Å². The number of halogens is 1. The summed E-state index contributed by atoms with van der Waals surface area (Å²) in [7, 11) is 1.54. The second-order valence-electron chi connectivity index (χ2n) is 3.29. The van der Waals surface area contributed by atoms with Gasteiger partial charge in [-0.05, 0) is 12.8 Å². The molecule has 0 aliphatic rings. The Kier molecular flexibility index (Phi) is 6.49. The van der Waals surface area contributed by atoms with Crippen LogP contribution in [0.25, 0.3) is 0 Å². The number of hydrogen-bond acceptors (Lipinski definition) is 3. The minimum absolute atomic E-state index is 0. The normalized spacial score (nSPS) is 9.38. The van der Waals surface area contributed by atoms with Gasteiger partial charge in [0.15, 0.2) is 5.69 Å². The van der Waals surface area contributed by atoms with Crippen LogP contribution in [0.5, 0.6) is 5.75 Å². The maximum Gasteiger partial charge on any atom is 0.354 e. The second kappa shape index (κ2) is 7.06. The summed E-state index contributed by atoms with van der Waals surface area (Å²) in [5.74, 6) is -0.425. The molecule has 0 aliphatic carbocycles. The van der Waals surface area contributed by atoms with Gasteiger partial charge in [-0.15, -0.1) is 12.4 Å². The number of rotatable bonds is 5. The number of unbranched alkanes of at least 4 members (excludes halogenated alkanes) is 1. The quantitative estimate of drug-likeness (QED) is 0.866.